The van der Waals surface area contributed by atoms with E-state index in [4.69, 9.17) is 9.47 Å². The van der Waals surface area contributed by atoms with Crippen molar-refractivity contribution in [3.8, 4) is 0 Å². The summed E-state index contributed by atoms with van der Waals surface area (Å²) >= 11 is 3.73. The molecule has 10 nitrogen and oxygen atoms in total. The van der Waals surface area contributed by atoms with Crippen molar-refractivity contribution in [2.75, 3.05) is 31.2 Å². The Balaban J connectivity index is 1.49. The van der Waals surface area contributed by atoms with E-state index >= 15 is 0 Å². The quantitative estimate of drug-likeness (QED) is 0.160. The minimum absolute atomic E-state index is 0.0957. The number of fused-ring (bicyclic) bond motifs is 1. The van der Waals surface area contributed by atoms with Crippen molar-refractivity contribution in [2.45, 2.75) is 68.1 Å². The van der Waals surface area contributed by atoms with Gasteiger partial charge in [0.1, 0.15) is 18.2 Å². The number of ether oxygens (including phenoxy) is 2. The van der Waals surface area contributed by atoms with Crippen molar-refractivity contribution in [3.63, 3.8) is 0 Å². The summed E-state index contributed by atoms with van der Waals surface area (Å²) in [6.07, 6.45) is 3.87. The van der Waals surface area contributed by atoms with E-state index in [1.807, 2.05) is 62.4 Å². The van der Waals surface area contributed by atoms with Gasteiger partial charge in [0.15, 0.2) is 0 Å². The fourth-order valence-corrected chi connectivity index (χ4v) is 8.37. The second-order valence-electron chi connectivity index (χ2n) is 12.8. The number of carbonyl (C=O) groups excluding carboxylic acids is 4. The van der Waals surface area contributed by atoms with Gasteiger partial charge in [0.25, 0.3) is 5.91 Å². The number of hydrogen-bond acceptors (Lipinski definition) is 7. The molecule has 1 spiro atoms. The van der Waals surface area contributed by atoms with Crippen molar-refractivity contribution in [1.82, 2.24) is 10.2 Å². The summed E-state index contributed by atoms with van der Waals surface area (Å²) in [7, 11) is 0. The Morgan fingerprint density at radius 2 is 1.94 bits per heavy atom. The summed E-state index contributed by atoms with van der Waals surface area (Å²) in [5, 5.41) is 12.8. The molecule has 0 radical (unpaired) electrons. The van der Waals surface area contributed by atoms with Crippen LogP contribution in [0.5, 0.6) is 0 Å². The second-order valence-corrected chi connectivity index (χ2v) is 14.0. The van der Waals surface area contributed by atoms with Crippen LogP contribution in [0.1, 0.15) is 48.4 Å². The molecule has 2 N–H and O–H groups in total. The Morgan fingerprint density at radius 3 is 2.62 bits per heavy atom. The Hall–Kier alpha value is -3.80. The van der Waals surface area contributed by atoms with Crippen molar-refractivity contribution in [1.29, 1.82) is 0 Å². The summed E-state index contributed by atoms with van der Waals surface area (Å²) in [6.45, 7) is 11.5. The number of nitrogens with one attached hydrogen (secondary N) is 1. The number of aliphatic hydroxyl groups excluding tert-OH is 1. The number of aryl methyl sites for hydroxylation is 2. The van der Waals surface area contributed by atoms with Crippen LogP contribution in [0, 0.1) is 25.7 Å². The molecular weight excluding hydrogens is 678 g/mol. The van der Waals surface area contributed by atoms with Crippen LogP contribution in [0.2, 0.25) is 0 Å². The third-order valence-corrected chi connectivity index (χ3v) is 10.4. The SMILES string of the molecule is C=CCCC(=O)OC[C@H](NC(=O)[C@H]1[C@@H]2O[C@@]3(CC2Br)[C@@H]1C(=O)N(CCCO)[C@@H]3C(=O)N(CC=C)c1cc(C)ccc1C)c1ccccc1. The molecule has 2 aromatic carbocycles. The fraction of sp³-hybridized carbons (Fsp3) is 0.459. The molecule has 7 atom stereocenters. The van der Waals surface area contributed by atoms with Gasteiger partial charge in [-0.1, -0.05) is 70.5 Å². The summed E-state index contributed by atoms with van der Waals surface area (Å²) < 4.78 is 12.2. The molecule has 3 fully saturated rings. The first-order valence-corrected chi connectivity index (χ1v) is 17.3. The van der Waals surface area contributed by atoms with E-state index in [9.17, 15) is 24.3 Å². The number of halogens is 1. The van der Waals surface area contributed by atoms with Crippen molar-refractivity contribution in [2.24, 2.45) is 11.8 Å². The van der Waals surface area contributed by atoms with E-state index in [-0.39, 0.29) is 55.8 Å². The number of hydrogen-bond donors (Lipinski definition) is 2. The highest BCUT2D eigenvalue weighted by molar-refractivity contribution is 9.09. The largest absolute Gasteiger partial charge is 0.463 e. The topological polar surface area (TPSA) is 125 Å². The second kappa shape index (κ2) is 15.2. The maximum Gasteiger partial charge on any atom is 0.306 e. The van der Waals surface area contributed by atoms with Gasteiger partial charge in [-0.05, 0) is 55.9 Å². The summed E-state index contributed by atoms with van der Waals surface area (Å²) in [6, 6.07) is 13.3. The van der Waals surface area contributed by atoms with E-state index in [1.165, 1.54) is 4.90 Å². The number of amides is 3. The Kier molecular flexibility index (Phi) is 11.2. The minimum Gasteiger partial charge on any atom is -0.463 e. The average Bonchev–Trinajstić information content (AvgIpc) is 3.67. The summed E-state index contributed by atoms with van der Waals surface area (Å²) in [5.74, 6) is -3.36. The first-order valence-electron chi connectivity index (χ1n) is 16.4. The number of carbonyl (C=O) groups is 4. The molecule has 0 saturated carbocycles. The minimum atomic E-state index is -1.28. The third kappa shape index (κ3) is 6.73. The molecule has 3 saturated heterocycles. The van der Waals surface area contributed by atoms with E-state index in [0.717, 1.165) is 16.7 Å². The number of allylic oxidation sites excluding steroid dienone is 1. The highest BCUT2D eigenvalue weighted by Crippen LogP contribution is 2.60. The Bertz CT molecular complexity index is 1550. The lowest BCUT2D eigenvalue weighted by atomic mass is 9.70. The van der Waals surface area contributed by atoms with Gasteiger partial charge in [-0.3, -0.25) is 19.2 Å². The predicted molar refractivity (Wildman–Crippen MR) is 185 cm³/mol. The zero-order valence-electron chi connectivity index (χ0n) is 27.5. The average molecular weight is 723 g/mol. The highest BCUT2D eigenvalue weighted by Gasteiger charge is 2.76. The predicted octanol–water partition coefficient (Wildman–Crippen LogP) is 4.32. The van der Waals surface area contributed by atoms with Gasteiger partial charge in [-0.15, -0.1) is 13.2 Å². The first kappa shape index (κ1) is 35.5. The van der Waals surface area contributed by atoms with Crippen LogP contribution in [0.3, 0.4) is 0 Å². The van der Waals surface area contributed by atoms with E-state index in [1.54, 1.807) is 17.1 Å². The lowest BCUT2D eigenvalue weighted by molar-refractivity contribution is -0.145. The molecule has 3 heterocycles. The molecule has 2 bridgehead atoms. The number of esters is 1. The molecule has 3 amide bonds. The van der Waals surface area contributed by atoms with E-state index in [2.05, 4.69) is 34.4 Å². The zero-order chi connectivity index (χ0) is 34.6. The van der Waals surface area contributed by atoms with E-state index < -0.39 is 47.5 Å². The highest BCUT2D eigenvalue weighted by atomic mass is 79.9. The van der Waals surface area contributed by atoms with Crippen LogP contribution < -0.4 is 10.2 Å². The lowest BCUT2D eigenvalue weighted by Crippen LogP contribution is -2.57. The number of nitrogens with zero attached hydrogens (tertiary/aromatic N) is 2. The molecule has 3 aliphatic heterocycles. The molecule has 3 aliphatic rings. The summed E-state index contributed by atoms with van der Waals surface area (Å²) in [5.41, 5.74) is 2.03. The molecule has 2 aromatic rings. The van der Waals surface area contributed by atoms with Crippen molar-refractivity contribution >= 4 is 45.3 Å². The molecule has 0 aliphatic carbocycles. The number of anilines is 1. The monoisotopic (exact) mass is 721 g/mol. The van der Waals surface area contributed by atoms with Gasteiger partial charge in [0.2, 0.25) is 11.8 Å². The fourth-order valence-electron chi connectivity index (χ4n) is 7.43. The van der Waals surface area contributed by atoms with Crippen LogP contribution in [0.15, 0.2) is 73.8 Å². The van der Waals surface area contributed by atoms with E-state index in [0.29, 0.717) is 18.5 Å². The van der Waals surface area contributed by atoms with Gasteiger partial charge in [0, 0.05) is 36.6 Å². The molecule has 0 aromatic heterocycles. The zero-order valence-corrected chi connectivity index (χ0v) is 29.1. The van der Waals surface area contributed by atoms with Gasteiger partial charge in [-0.2, -0.15) is 0 Å². The normalized spacial score (nSPS) is 26.1. The number of aliphatic hydroxyl groups is 1. The number of likely N-dealkylation sites (tertiary alicyclic amines) is 1. The van der Waals surface area contributed by atoms with Gasteiger partial charge in [-0.25, -0.2) is 0 Å². The van der Waals surface area contributed by atoms with Crippen LogP contribution in [0.4, 0.5) is 5.69 Å². The van der Waals surface area contributed by atoms with Crippen LogP contribution in [-0.2, 0) is 28.7 Å². The van der Waals surface area contributed by atoms with Crippen molar-refractivity contribution in [3.05, 3.63) is 90.5 Å². The molecule has 48 heavy (non-hydrogen) atoms. The molecule has 5 rings (SSSR count). The van der Waals surface area contributed by atoms with Crippen molar-refractivity contribution < 1.29 is 33.8 Å². The van der Waals surface area contributed by atoms with Gasteiger partial charge >= 0.3 is 5.97 Å². The van der Waals surface area contributed by atoms with Crippen LogP contribution in [-0.4, -0.2) is 82.6 Å². The Morgan fingerprint density at radius 1 is 1.19 bits per heavy atom. The first-order chi connectivity index (χ1) is 23.1. The smallest absolute Gasteiger partial charge is 0.306 e. The molecule has 256 valence electrons. The third-order valence-electron chi connectivity index (χ3n) is 9.60. The summed E-state index contributed by atoms with van der Waals surface area (Å²) in [4.78, 5) is 58.7. The molecule has 1 unspecified atom stereocenters. The van der Waals surface area contributed by atoms with Crippen LogP contribution in [0.25, 0.3) is 0 Å². The Labute approximate surface area is 290 Å². The molecular formula is C37H44BrN3O7. The maximum absolute atomic E-state index is 14.8. The van der Waals surface area contributed by atoms with Gasteiger partial charge in [0.05, 0.1) is 24.0 Å². The van der Waals surface area contributed by atoms with Crippen LogP contribution >= 0.6 is 15.9 Å². The lowest BCUT2D eigenvalue weighted by Gasteiger charge is -2.37. The number of alkyl halides is 1. The van der Waals surface area contributed by atoms with Gasteiger partial charge < -0.3 is 29.7 Å². The standard InChI is InChI=1S/C37H44BrN3O7/c1-5-7-14-29(43)47-22-27(25-12-9-8-10-13-25)39-34(44)30-31-35(45)41(18-11-19-42)33(37(31)21-26(38)32(30)48-37)36(46)40(17-6-2)28-20-23(3)15-16-24(28)4/h5-6,8-10,12-13,15-16,20,26-27,30-33,42H,1-2,7,11,14,17-19,21-22H2,3-4H3,(H,39,44)/t26?,27-,30+,31-,32+,33+,37-/m0/s1. The maximum atomic E-state index is 14.8. The number of rotatable bonds is 15. The number of benzene rings is 2. The molecule has 11 heteroatoms.